The Labute approximate surface area is 92.1 Å². The number of anilines is 1. The maximum absolute atomic E-state index is 5.67. The summed E-state index contributed by atoms with van der Waals surface area (Å²) in [6.45, 7) is 0.648. The van der Waals surface area contributed by atoms with Gasteiger partial charge in [0.1, 0.15) is 0 Å². The van der Waals surface area contributed by atoms with Crippen molar-refractivity contribution in [3.05, 3.63) is 35.4 Å². The number of nitrogens with one attached hydrogen (secondary N) is 1. The molecular weight excluding hydrogens is 214 g/mol. The van der Waals surface area contributed by atoms with Gasteiger partial charge in [0.15, 0.2) is 0 Å². The number of hydrogen-bond donors (Lipinski definition) is 1. The van der Waals surface area contributed by atoms with Gasteiger partial charge in [0.25, 0.3) is 0 Å². The van der Waals surface area contributed by atoms with E-state index < -0.39 is 0 Å². The van der Waals surface area contributed by atoms with Gasteiger partial charge >= 0.3 is 0 Å². The topological polar surface area (TPSA) is 55.6 Å². The Hall–Kier alpha value is -1.62. The van der Waals surface area contributed by atoms with Crippen LogP contribution >= 0.6 is 11.6 Å². The smallest absolute Gasteiger partial charge is 0.222 e. The quantitative estimate of drug-likeness (QED) is 0.856. The summed E-state index contributed by atoms with van der Waals surface area (Å²) in [5, 5.41) is 7.65. The van der Waals surface area contributed by atoms with E-state index in [9.17, 15) is 0 Å². The molecule has 2 aromatic heterocycles. The zero-order chi connectivity index (χ0) is 10.7. The van der Waals surface area contributed by atoms with E-state index >= 15 is 0 Å². The first-order valence-corrected chi connectivity index (χ1v) is 4.81. The minimum Gasteiger partial charge on any atom is -0.350 e. The lowest BCUT2D eigenvalue weighted by Gasteiger charge is -2.01. The SMILES string of the molecule is Cn1cc(CNc2ncc(Cl)cn2)cn1. The third kappa shape index (κ3) is 2.66. The second-order valence-electron chi connectivity index (χ2n) is 3.10. The first kappa shape index (κ1) is 9.92. The van der Waals surface area contributed by atoms with Gasteiger partial charge in [-0.05, 0) is 0 Å². The molecule has 0 aliphatic carbocycles. The van der Waals surface area contributed by atoms with Crippen molar-refractivity contribution >= 4 is 17.5 Å². The molecule has 0 fully saturated rings. The molecular formula is C9H10ClN5. The van der Waals surface area contributed by atoms with Crippen LogP contribution in [-0.2, 0) is 13.6 Å². The standard InChI is InChI=1S/C9H10ClN5/c1-15-6-7(3-14-15)2-11-9-12-4-8(10)5-13-9/h3-6H,2H2,1H3,(H,11,12,13). The van der Waals surface area contributed by atoms with Gasteiger partial charge < -0.3 is 5.32 Å². The van der Waals surface area contributed by atoms with E-state index in [4.69, 9.17) is 11.6 Å². The van der Waals surface area contributed by atoms with E-state index in [2.05, 4.69) is 20.4 Å². The number of aryl methyl sites for hydroxylation is 1. The van der Waals surface area contributed by atoms with Gasteiger partial charge in [0.2, 0.25) is 5.95 Å². The third-order valence-electron chi connectivity index (χ3n) is 1.83. The fourth-order valence-corrected chi connectivity index (χ4v) is 1.25. The molecule has 0 saturated heterocycles. The highest BCUT2D eigenvalue weighted by atomic mass is 35.5. The van der Waals surface area contributed by atoms with Crippen molar-refractivity contribution in [2.75, 3.05) is 5.32 Å². The van der Waals surface area contributed by atoms with Crippen LogP contribution < -0.4 is 5.32 Å². The van der Waals surface area contributed by atoms with E-state index in [1.807, 2.05) is 13.2 Å². The lowest BCUT2D eigenvalue weighted by molar-refractivity contribution is 0.767. The molecule has 2 heterocycles. The van der Waals surface area contributed by atoms with Crippen LogP contribution in [-0.4, -0.2) is 19.7 Å². The van der Waals surface area contributed by atoms with Gasteiger partial charge in [-0.25, -0.2) is 9.97 Å². The van der Waals surface area contributed by atoms with Crippen LogP contribution in [0.15, 0.2) is 24.8 Å². The number of hydrogen-bond acceptors (Lipinski definition) is 4. The van der Waals surface area contributed by atoms with Crippen LogP contribution in [0, 0.1) is 0 Å². The zero-order valence-corrected chi connectivity index (χ0v) is 8.94. The van der Waals surface area contributed by atoms with E-state index in [0.717, 1.165) is 5.56 Å². The molecule has 15 heavy (non-hydrogen) atoms. The van der Waals surface area contributed by atoms with Crippen molar-refractivity contribution in [2.24, 2.45) is 7.05 Å². The molecule has 0 amide bonds. The second kappa shape index (κ2) is 4.27. The van der Waals surface area contributed by atoms with Crippen LogP contribution in [0.4, 0.5) is 5.95 Å². The van der Waals surface area contributed by atoms with Gasteiger partial charge in [0, 0.05) is 25.4 Å². The number of halogens is 1. The van der Waals surface area contributed by atoms with E-state index in [1.54, 1.807) is 23.3 Å². The molecule has 78 valence electrons. The fourth-order valence-electron chi connectivity index (χ4n) is 1.15. The molecule has 0 atom stereocenters. The van der Waals surface area contributed by atoms with E-state index in [0.29, 0.717) is 17.5 Å². The molecule has 0 saturated carbocycles. The van der Waals surface area contributed by atoms with Gasteiger partial charge in [-0.3, -0.25) is 4.68 Å². The van der Waals surface area contributed by atoms with Gasteiger partial charge in [0.05, 0.1) is 23.6 Å². The van der Waals surface area contributed by atoms with Crippen molar-refractivity contribution in [2.45, 2.75) is 6.54 Å². The lowest BCUT2D eigenvalue weighted by atomic mass is 10.4. The maximum Gasteiger partial charge on any atom is 0.222 e. The van der Waals surface area contributed by atoms with Crippen LogP contribution in [0.2, 0.25) is 5.02 Å². The molecule has 2 aromatic rings. The zero-order valence-electron chi connectivity index (χ0n) is 8.18. The minimum atomic E-state index is 0.530. The summed E-state index contributed by atoms with van der Waals surface area (Å²) in [7, 11) is 1.88. The molecule has 0 bridgehead atoms. The Morgan fingerprint density at radius 2 is 2.07 bits per heavy atom. The Morgan fingerprint density at radius 3 is 2.67 bits per heavy atom. The van der Waals surface area contributed by atoms with Crippen molar-refractivity contribution in [1.82, 2.24) is 19.7 Å². The average Bonchev–Trinajstić information content (AvgIpc) is 2.64. The normalized spacial score (nSPS) is 10.3. The summed E-state index contributed by atoms with van der Waals surface area (Å²) in [5.74, 6) is 0.559. The minimum absolute atomic E-state index is 0.530. The molecule has 0 aliphatic heterocycles. The molecule has 0 unspecified atom stereocenters. The summed E-state index contributed by atoms with van der Waals surface area (Å²) in [5.41, 5.74) is 1.08. The van der Waals surface area contributed by atoms with Crippen molar-refractivity contribution < 1.29 is 0 Å². The molecule has 5 nitrogen and oxygen atoms in total. The first-order valence-electron chi connectivity index (χ1n) is 4.43. The number of rotatable bonds is 3. The highest BCUT2D eigenvalue weighted by Crippen LogP contribution is 2.06. The van der Waals surface area contributed by atoms with Crippen molar-refractivity contribution in [3.63, 3.8) is 0 Å². The van der Waals surface area contributed by atoms with Gasteiger partial charge in [-0.2, -0.15) is 5.10 Å². The van der Waals surface area contributed by atoms with Crippen LogP contribution in [0.25, 0.3) is 0 Å². The highest BCUT2D eigenvalue weighted by molar-refractivity contribution is 6.30. The molecule has 0 radical (unpaired) electrons. The predicted octanol–water partition coefficient (Wildman–Crippen LogP) is 1.48. The monoisotopic (exact) mass is 223 g/mol. The Morgan fingerprint density at radius 1 is 1.33 bits per heavy atom. The highest BCUT2D eigenvalue weighted by Gasteiger charge is 1.98. The Bertz CT molecular complexity index is 436. The second-order valence-corrected chi connectivity index (χ2v) is 3.54. The predicted molar refractivity (Wildman–Crippen MR) is 57.6 cm³/mol. The maximum atomic E-state index is 5.67. The van der Waals surface area contributed by atoms with Crippen LogP contribution in [0.3, 0.4) is 0 Å². The first-order chi connectivity index (χ1) is 7.24. The molecule has 0 aromatic carbocycles. The largest absolute Gasteiger partial charge is 0.350 e. The van der Waals surface area contributed by atoms with Crippen LogP contribution in [0.5, 0.6) is 0 Å². The summed E-state index contributed by atoms with van der Waals surface area (Å²) >= 11 is 5.67. The van der Waals surface area contributed by atoms with E-state index in [1.165, 1.54) is 0 Å². The van der Waals surface area contributed by atoms with Gasteiger partial charge in [-0.15, -0.1) is 0 Å². The lowest BCUT2D eigenvalue weighted by Crippen LogP contribution is -2.02. The molecule has 0 aliphatic rings. The van der Waals surface area contributed by atoms with E-state index in [-0.39, 0.29) is 0 Å². The molecule has 0 spiro atoms. The summed E-state index contributed by atoms with van der Waals surface area (Å²) in [4.78, 5) is 8.04. The molecule has 2 rings (SSSR count). The van der Waals surface area contributed by atoms with Gasteiger partial charge in [-0.1, -0.05) is 11.6 Å². The summed E-state index contributed by atoms with van der Waals surface area (Å²) in [6, 6.07) is 0. The van der Waals surface area contributed by atoms with Crippen molar-refractivity contribution in [1.29, 1.82) is 0 Å². The number of nitrogens with zero attached hydrogens (tertiary/aromatic N) is 4. The van der Waals surface area contributed by atoms with Crippen molar-refractivity contribution in [3.8, 4) is 0 Å². The number of aromatic nitrogens is 4. The molecule has 6 heteroatoms. The van der Waals surface area contributed by atoms with Crippen LogP contribution in [0.1, 0.15) is 5.56 Å². The summed E-state index contributed by atoms with van der Waals surface area (Å²) in [6.07, 6.45) is 6.84. The Kier molecular flexibility index (Phi) is 2.82. The molecule has 1 N–H and O–H groups in total. The fraction of sp³-hybridized carbons (Fsp3) is 0.222. The summed E-state index contributed by atoms with van der Waals surface area (Å²) < 4.78 is 1.75. The average molecular weight is 224 g/mol. The third-order valence-corrected chi connectivity index (χ3v) is 2.02. The Balaban J connectivity index is 1.96.